The van der Waals surface area contributed by atoms with E-state index in [0.717, 1.165) is 61.3 Å². The summed E-state index contributed by atoms with van der Waals surface area (Å²) in [6, 6.07) is 0. The maximum Gasteiger partial charge on any atom is 0.137 e. The first kappa shape index (κ1) is 13.9. The first-order valence-corrected chi connectivity index (χ1v) is 8.09. The van der Waals surface area contributed by atoms with E-state index < -0.39 is 0 Å². The summed E-state index contributed by atoms with van der Waals surface area (Å²) in [5.74, 6) is 2.22. The molecule has 0 amide bonds. The third-order valence-electron chi connectivity index (χ3n) is 4.01. The van der Waals surface area contributed by atoms with E-state index >= 15 is 0 Å². The molecule has 0 atom stereocenters. The summed E-state index contributed by atoms with van der Waals surface area (Å²) < 4.78 is 12.9. The van der Waals surface area contributed by atoms with Gasteiger partial charge in [0.2, 0.25) is 0 Å². The molecular weight excluding hydrogens is 320 g/mol. The van der Waals surface area contributed by atoms with Gasteiger partial charge in [0, 0.05) is 23.1 Å². The van der Waals surface area contributed by atoms with Gasteiger partial charge in [-0.15, -0.1) is 0 Å². The van der Waals surface area contributed by atoms with Crippen molar-refractivity contribution in [2.45, 2.75) is 45.4 Å². The van der Waals surface area contributed by atoms with Crippen LogP contribution in [-0.2, 0) is 24.1 Å². The Morgan fingerprint density at radius 1 is 1.10 bits per heavy atom. The van der Waals surface area contributed by atoms with Gasteiger partial charge in [-0.2, -0.15) is 0 Å². The van der Waals surface area contributed by atoms with E-state index in [1.807, 2.05) is 0 Å². The number of rotatable bonds is 3. The molecule has 0 unspecified atom stereocenters. The molecule has 2 aliphatic heterocycles. The molecular formula is C16H19BrO3. The van der Waals surface area contributed by atoms with Gasteiger partial charge >= 0.3 is 0 Å². The van der Waals surface area contributed by atoms with E-state index in [9.17, 15) is 4.79 Å². The van der Waals surface area contributed by atoms with Crippen molar-refractivity contribution >= 4 is 21.7 Å². The van der Waals surface area contributed by atoms with E-state index in [4.69, 9.17) is 9.47 Å². The van der Waals surface area contributed by atoms with Crippen molar-refractivity contribution in [3.8, 4) is 11.5 Å². The van der Waals surface area contributed by atoms with Crippen molar-refractivity contribution in [1.29, 1.82) is 0 Å². The second-order valence-corrected chi connectivity index (χ2v) is 6.31. The number of Topliss-reactive ketones (excluding diaryl/α,β-unsaturated/α-hetero) is 1. The molecule has 0 saturated heterocycles. The topological polar surface area (TPSA) is 35.5 Å². The fourth-order valence-corrected chi connectivity index (χ4v) is 3.78. The number of carbonyl (C=O) groups is 1. The van der Waals surface area contributed by atoms with Crippen LogP contribution in [0.4, 0.5) is 0 Å². The summed E-state index contributed by atoms with van der Waals surface area (Å²) in [4.78, 5) is 11.3. The molecule has 20 heavy (non-hydrogen) atoms. The molecule has 0 saturated carbocycles. The number of ketones is 1. The lowest BCUT2D eigenvalue weighted by Crippen LogP contribution is -2.18. The monoisotopic (exact) mass is 338 g/mol. The molecule has 0 radical (unpaired) electrons. The van der Waals surface area contributed by atoms with Gasteiger partial charge in [-0.25, -0.2) is 0 Å². The average Bonchev–Trinajstić information content (AvgIpc) is 2.47. The summed E-state index contributed by atoms with van der Waals surface area (Å²) in [7, 11) is 0. The molecule has 2 aliphatic rings. The number of fused-ring (bicyclic) bond motifs is 2. The Kier molecular flexibility index (Phi) is 4.01. The molecule has 1 aromatic rings. The molecule has 2 heterocycles. The van der Waals surface area contributed by atoms with Crippen LogP contribution in [0, 0.1) is 0 Å². The molecule has 1 aromatic carbocycles. The Morgan fingerprint density at radius 3 is 2.45 bits per heavy atom. The largest absolute Gasteiger partial charge is 0.493 e. The SMILES string of the molecule is CC(=O)CCc1c2c(c(Br)c3c1OCCC3)OCCC2. The van der Waals surface area contributed by atoms with Crippen LogP contribution in [0.25, 0.3) is 0 Å². The maximum absolute atomic E-state index is 11.3. The van der Waals surface area contributed by atoms with Gasteiger partial charge in [-0.05, 0) is 55.0 Å². The Balaban J connectivity index is 2.11. The minimum absolute atomic E-state index is 0.225. The highest BCUT2D eigenvalue weighted by Crippen LogP contribution is 2.46. The highest BCUT2D eigenvalue weighted by Gasteiger charge is 2.28. The van der Waals surface area contributed by atoms with Crippen LogP contribution in [0.15, 0.2) is 4.47 Å². The van der Waals surface area contributed by atoms with Crippen molar-refractivity contribution < 1.29 is 14.3 Å². The van der Waals surface area contributed by atoms with E-state index in [-0.39, 0.29) is 5.78 Å². The Hall–Kier alpha value is -1.03. The quantitative estimate of drug-likeness (QED) is 0.844. The number of hydrogen-bond donors (Lipinski definition) is 0. The van der Waals surface area contributed by atoms with Gasteiger partial charge in [-0.1, -0.05) is 0 Å². The van der Waals surface area contributed by atoms with Gasteiger partial charge in [0.25, 0.3) is 0 Å². The third kappa shape index (κ3) is 2.46. The maximum atomic E-state index is 11.3. The molecule has 0 aromatic heterocycles. The van der Waals surface area contributed by atoms with Crippen LogP contribution in [0.5, 0.6) is 11.5 Å². The first-order chi connectivity index (χ1) is 9.68. The summed E-state index contributed by atoms with van der Waals surface area (Å²) in [5, 5.41) is 0. The molecule has 4 heteroatoms. The Bertz CT molecular complexity index is 514. The molecule has 0 aliphatic carbocycles. The van der Waals surface area contributed by atoms with Crippen LogP contribution in [0.2, 0.25) is 0 Å². The standard InChI is InChI=1S/C16H19BrO3/c1-10(18)6-7-12-11-4-2-9-20-16(11)14(17)13-5-3-8-19-15(12)13/h2-9H2,1H3. The number of ether oxygens (including phenoxy) is 2. The molecule has 3 nitrogen and oxygen atoms in total. The third-order valence-corrected chi connectivity index (χ3v) is 4.85. The molecule has 108 valence electrons. The zero-order chi connectivity index (χ0) is 14.1. The molecule has 0 bridgehead atoms. The van der Waals surface area contributed by atoms with Crippen molar-refractivity contribution in [2.24, 2.45) is 0 Å². The number of carbonyl (C=O) groups excluding carboxylic acids is 1. The predicted molar refractivity (Wildman–Crippen MR) is 80.8 cm³/mol. The molecule has 0 fully saturated rings. The normalized spacial score (nSPS) is 16.7. The van der Waals surface area contributed by atoms with Crippen LogP contribution in [0.1, 0.15) is 42.9 Å². The van der Waals surface area contributed by atoms with E-state index in [1.165, 1.54) is 16.7 Å². The van der Waals surface area contributed by atoms with Gasteiger partial charge in [-0.3, -0.25) is 0 Å². The molecule has 3 rings (SSSR count). The van der Waals surface area contributed by atoms with Gasteiger partial charge in [0.05, 0.1) is 17.7 Å². The van der Waals surface area contributed by atoms with Gasteiger partial charge in [0.15, 0.2) is 0 Å². The second-order valence-electron chi connectivity index (χ2n) is 5.51. The summed E-state index contributed by atoms with van der Waals surface area (Å²) in [6.07, 6.45) is 5.43. The number of benzene rings is 1. The van der Waals surface area contributed by atoms with Crippen molar-refractivity contribution in [1.82, 2.24) is 0 Å². The van der Waals surface area contributed by atoms with Crippen LogP contribution >= 0.6 is 15.9 Å². The Labute approximate surface area is 127 Å². The fraction of sp³-hybridized carbons (Fsp3) is 0.562. The molecule has 0 N–H and O–H groups in total. The Morgan fingerprint density at radius 2 is 1.75 bits per heavy atom. The van der Waals surface area contributed by atoms with E-state index in [1.54, 1.807) is 6.92 Å². The summed E-state index contributed by atoms with van der Waals surface area (Å²) in [5.41, 5.74) is 3.66. The zero-order valence-corrected chi connectivity index (χ0v) is 13.3. The summed E-state index contributed by atoms with van der Waals surface area (Å²) >= 11 is 3.69. The number of halogens is 1. The van der Waals surface area contributed by atoms with Gasteiger partial charge < -0.3 is 14.3 Å². The van der Waals surface area contributed by atoms with Crippen molar-refractivity contribution in [2.75, 3.05) is 13.2 Å². The average molecular weight is 339 g/mol. The van der Waals surface area contributed by atoms with Crippen molar-refractivity contribution in [3.05, 3.63) is 21.2 Å². The lowest BCUT2D eigenvalue weighted by atomic mass is 9.90. The zero-order valence-electron chi connectivity index (χ0n) is 11.8. The lowest BCUT2D eigenvalue weighted by molar-refractivity contribution is -0.116. The highest BCUT2D eigenvalue weighted by molar-refractivity contribution is 9.10. The number of hydrogen-bond acceptors (Lipinski definition) is 3. The van der Waals surface area contributed by atoms with Gasteiger partial charge in [0.1, 0.15) is 17.3 Å². The second kappa shape index (κ2) is 5.76. The van der Waals surface area contributed by atoms with Crippen molar-refractivity contribution in [3.63, 3.8) is 0 Å². The molecule has 0 spiro atoms. The van der Waals surface area contributed by atoms with Crippen LogP contribution in [-0.4, -0.2) is 19.0 Å². The van der Waals surface area contributed by atoms with E-state index in [0.29, 0.717) is 6.42 Å². The first-order valence-electron chi connectivity index (χ1n) is 7.29. The predicted octanol–water partition coefficient (Wildman–Crippen LogP) is 3.62. The van der Waals surface area contributed by atoms with Crippen LogP contribution in [0.3, 0.4) is 0 Å². The summed E-state index contributed by atoms with van der Waals surface area (Å²) in [6.45, 7) is 3.19. The van der Waals surface area contributed by atoms with E-state index in [2.05, 4.69) is 15.9 Å². The minimum Gasteiger partial charge on any atom is -0.493 e. The minimum atomic E-state index is 0.225. The van der Waals surface area contributed by atoms with Crippen LogP contribution < -0.4 is 9.47 Å². The lowest BCUT2D eigenvalue weighted by Gasteiger charge is -2.29. The fourth-order valence-electron chi connectivity index (χ4n) is 3.05. The highest BCUT2D eigenvalue weighted by atomic mass is 79.9. The smallest absolute Gasteiger partial charge is 0.137 e.